The van der Waals surface area contributed by atoms with E-state index in [-0.39, 0.29) is 6.04 Å². The fourth-order valence-corrected chi connectivity index (χ4v) is 8.66. The fourth-order valence-electron chi connectivity index (χ4n) is 8.43. The zero-order valence-corrected chi connectivity index (χ0v) is 28.3. The number of aromatic nitrogens is 1. The molecule has 1 aromatic heterocycles. The highest BCUT2D eigenvalue weighted by atomic mass is 32.1. The number of piperidine rings is 3. The molecule has 0 spiro atoms. The molecule has 5 atom stereocenters. The monoisotopic (exact) mass is 651 g/mol. The van der Waals surface area contributed by atoms with Crippen molar-refractivity contribution in [1.29, 1.82) is 0 Å². The highest BCUT2D eigenvalue weighted by Gasteiger charge is 2.43. The van der Waals surface area contributed by atoms with E-state index in [1.54, 1.807) is 7.11 Å². The molecule has 9 rings (SSSR count). The lowest BCUT2D eigenvalue weighted by molar-refractivity contribution is -0.0132. The summed E-state index contributed by atoms with van der Waals surface area (Å²) in [6.45, 7) is 4.58. The summed E-state index contributed by atoms with van der Waals surface area (Å²) in [5, 5.41) is 13.7. The molecule has 242 valence electrons. The van der Waals surface area contributed by atoms with Crippen molar-refractivity contribution >= 4 is 61.2 Å². The van der Waals surface area contributed by atoms with Gasteiger partial charge >= 0.3 is 0 Å². The molecule has 0 aliphatic carbocycles. The van der Waals surface area contributed by atoms with E-state index >= 15 is 0 Å². The van der Waals surface area contributed by atoms with Crippen LogP contribution in [-0.4, -0.2) is 41.2 Å². The molecule has 4 N–H and O–H groups in total. The maximum Gasteiger partial charge on any atom is 0.171 e. The molecule has 0 radical (unpaired) electrons. The van der Waals surface area contributed by atoms with Crippen LogP contribution >= 0.6 is 12.2 Å². The summed E-state index contributed by atoms with van der Waals surface area (Å²) in [6.07, 6.45) is 5.55. The van der Waals surface area contributed by atoms with Gasteiger partial charge in [-0.2, -0.15) is 0 Å². The Labute approximate surface area is 287 Å². The average Bonchev–Trinajstić information content (AvgIpc) is 3.13. The largest absolute Gasteiger partial charge is 0.497 e. The standard InChI is InChI=1S/C41H41N5OS/c1-3-25-24-46-21-19-28(25)22-37(46)40(32-18-20-43-35-17-14-29(47-2)23-33(32)35)45-41(48)44-36-16-13-27-9-5-7-11-31(27)39(36)38-30-10-6-4-8-26(30)12-15-34(38)42/h4-18,20,23,25,28,37,40H,3,19,21-22,24,42H2,1-2H3,(H2,44,45,48)/t25-,28?,37+,40+/m1/s1. The second kappa shape index (κ2) is 12.7. The first-order valence-corrected chi connectivity index (χ1v) is 17.5. The predicted molar refractivity (Wildman–Crippen MR) is 204 cm³/mol. The maximum absolute atomic E-state index is 6.80. The number of nitrogen functional groups attached to an aromatic ring is 1. The van der Waals surface area contributed by atoms with Gasteiger partial charge in [0.15, 0.2) is 5.11 Å². The summed E-state index contributed by atoms with van der Waals surface area (Å²) in [5.74, 6) is 2.29. The van der Waals surface area contributed by atoms with Gasteiger partial charge in [0.05, 0.1) is 18.7 Å². The predicted octanol–water partition coefficient (Wildman–Crippen LogP) is 8.95. The number of rotatable bonds is 7. The van der Waals surface area contributed by atoms with Crippen LogP contribution in [0.4, 0.5) is 11.4 Å². The topological polar surface area (TPSA) is 75.4 Å². The van der Waals surface area contributed by atoms with Gasteiger partial charge in [0.25, 0.3) is 0 Å². The molecule has 2 bridgehead atoms. The first kappa shape index (κ1) is 30.6. The molecule has 48 heavy (non-hydrogen) atoms. The minimum atomic E-state index is -0.0465. The van der Waals surface area contributed by atoms with Gasteiger partial charge in [-0.1, -0.05) is 74.0 Å². The van der Waals surface area contributed by atoms with Crippen molar-refractivity contribution in [2.24, 2.45) is 11.8 Å². The van der Waals surface area contributed by atoms with Gasteiger partial charge in [0.1, 0.15) is 5.75 Å². The van der Waals surface area contributed by atoms with Gasteiger partial charge in [-0.15, -0.1) is 0 Å². The summed E-state index contributed by atoms with van der Waals surface area (Å²) in [4.78, 5) is 7.41. The Kier molecular flexibility index (Phi) is 8.11. The van der Waals surface area contributed by atoms with Crippen LogP contribution in [0.2, 0.25) is 0 Å². The molecule has 0 saturated carbocycles. The summed E-state index contributed by atoms with van der Waals surface area (Å²) >= 11 is 6.23. The van der Waals surface area contributed by atoms with E-state index in [1.807, 2.05) is 24.4 Å². The molecule has 2 unspecified atom stereocenters. The number of thiocarbonyl (C=S) groups is 1. The van der Waals surface area contributed by atoms with Crippen molar-refractivity contribution in [2.45, 2.75) is 38.3 Å². The molecule has 6 nitrogen and oxygen atoms in total. The lowest BCUT2D eigenvalue weighted by Gasteiger charge is -2.52. The number of ether oxygens (including phenoxy) is 1. The summed E-state index contributed by atoms with van der Waals surface area (Å²) in [7, 11) is 1.71. The van der Waals surface area contributed by atoms with Crippen LogP contribution in [0.5, 0.6) is 5.75 Å². The number of pyridine rings is 1. The number of hydrogen-bond donors (Lipinski definition) is 3. The van der Waals surface area contributed by atoms with Crippen LogP contribution in [0.25, 0.3) is 43.6 Å². The molecular weight excluding hydrogens is 611 g/mol. The summed E-state index contributed by atoms with van der Waals surface area (Å²) in [6, 6.07) is 33.8. The minimum absolute atomic E-state index is 0.0465. The van der Waals surface area contributed by atoms with Gasteiger partial charge in [-0.25, -0.2) is 0 Å². The zero-order chi connectivity index (χ0) is 32.8. The Morgan fingerprint density at radius 3 is 2.42 bits per heavy atom. The number of nitrogens with two attached hydrogens (primary N) is 1. The van der Waals surface area contributed by atoms with Crippen molar-refractivity contribution in [3.63, 3.8) is 0 Å². The number of nitrogens with zero attached hydrogens (tertiary/aromatic N) is 2. The van der Waals surface area contributed by atoms with Crippen LogP contribution < -0.4 is 21.1 Å². The Hall–Kier alpha value is -4.72. The van der Waals surface area contributed by atoms with E-state index in [4.69, 9.17) is 27.7 Å². The number of anilines is 2. The number of benzene rings is 5. The van der Waals surface area contributed by atoms with Crippen molar-refractivity contribution in [1.82, 2.24) is 15.2 Å². The Balaban J connectivity index is 1.22. The van der Waals surface area contributed by atoms with Crippen molar-refractivity contribution in [3.8, 4) is 16.9 Å². The quantitative estimate of drug-likeness (QED) is 0.118. The van der Waals surface area contributed by atoms with Crippen LogP contribution in [-0.2, 0) is 0 Å². The second-order valence-corrected chi connectivity index (χ2v) is 13.7. The highest BCUT2D eigenvalue weighted by Crippen LogP contribution is 2.45. The molecule has 6 aromatic rings. The van der Waals surface area contributed by atoms with Crippen molar-refractivity contribution in [3.05, 3.63) is 109 Å². The average molecular weight is 652 g/mol. The number of nitrogens with one attached hydrogen (secondary N) is 2. The number of hydrogen-bond acceptors (Lipinski definition) is 5. The van der Waals surface area contributed by atoms with Crippen molar-refractivity contribution < 1.29 is 4.74 Å². The van der Waals surface area contributed by atoms with Crippen molar-refractivity contribution in [2.75, 3.05) is 31.2 Å². The molecule has 5 aromatic carbocycles. The third-order valence-electron chi connectivity index (χ3n) is 10.8. The Bertz CT molecular complexity index is 2170. The first-order valence-electron chi connectivity index (χ1n) is 17.1. The molecule has 3 fully saturated rings. The number of methoxy groups -OCH3 is 1. The maximum atomic E-state index is 6.80. The van der Waals surface area contributed by atoms with E-state index in [2.05, 4.69) is 101 Å². The number of fused-ring (bicyclic) bond motifs is 6. The van der Waals surface area contributed by atoms with Crippen LogP contribution in [0.3, 0.4) is 0 Å². The SMILES string of the molecule is CC[C@@H]1CN2CCC1C[C@H]2[C@@H](NC(=S)Nc1ccc2ccccc2c1-c1c(N)ccc2ccccc12)c1ccnc2ccc(OC)cc12. The highest BCUT2D eigenvalue weighted by molar-refractivity contribution is 7.80. The summed E-state index contributed by atoms with van der Waals surface area (Å²) < 4.78 is 5.66. The summed E-state index contributed by atoms with van der Waals surface area (Å²) in [5.41, 5.74) is 12.7. The molecule has 3 aliphatic rings. The van der Waals surface area contributed by atoms with Gasteiger partial charge in [0.2, 0.25) is 0 Å². The van der Waals surface area contributed by atoms with Crippen LogP contribution in [0, 0.1) is 11.8 Å². The van der Waals surface area contributed by atoms with Gasteiger partial charge < -0.3 is 21.1 Å². The van der Waals surface area contributed by atoms with E-state index in [0.29, 0.717) is 11.2 Å². The Morgan fingerprint density at radius 2 is 1.69 bits per heavy atom. The third kappa shape index (κ3) is 5.41. The van der Waals surface area contributed by atoms with E-state index in [1.165, 1.54) is 18.4 Å². The lowest BCUT2D eigenvalue weighted by Crippen LogP contribution is -2.58. The van der Waals surface area contributed by atoms with Crippen LogP contribution in [0.1, 0.15) is 37.8 Å². The van der Waals surface area contributed by atoms with Crippen LogP contribution in [0.15, 0.2) is 103 Å². The van der Waals surface area contributed by atoms with E-state index in [9.17, 15) is 0 Å². The van der Waals surface area contributed by atoms with Gasteiger partial charge in [-0.3, -0.25) is 9.88 Å². The molecular formula is C41H41N5OS. The normalized spacial score (nSPS) is 21.0. The zero-order valence-electron chi connectivity index (χ0n) is 27.4. The van der Waals surface area contributed by atoms with Gasteiger partial charge in [0, 0.05) is 46.7 Å². The first-order chi connectivity index (χ1) is 23.5. The molecule has 0 amide bonds. The molecule has 3 saturated heterocycles. The minimum Gasteiger partial charge on any atom is -0.497 e. The third-order valence-corrected chi connectivity index (χ3v) is 11.1. The van der Waals surface area contributed by atoms with Gasteiger partial charge in [-0.05, 0) is 107 Å². The van der Waals surface area contributed by atoms with E-state index < -0.39 is 0 Å². The molecule has 4 heterocycles. The fraction of sp³-hybridized carbons (Fsp3) is 0.268. The molecule has 3 aliphatic heterocycles. The second-order valence-electron chi connectivity index (χ2n) is 13.3. The lowest BCUT2D eigenvalue weighted by atomic mass is 9.72. The van der Waals surface area contributed by atoms with E-state index in [0.717, 1.165) is 92.0 Å². The smallest absolute Gasteiger partial charge is 0.171 e. The molecule has 7 heteroatoms. The Morgan fingerprint density at radius 1 is 0.938 bits per heavy atom.